The Labute approximate surface area is 104 Å². The lowest BCUT2D eigenvalue weighted by molar-refractivity contribution is 0.528. The molecule has 0 radical (unpaired) electrons. The Kier molecular flexibility index (Phi) is 6.15. The van der Waals surface area contributed by atoms with E-state index in [9.17, 15) is 8.42 Å². The van der Waals surface area contributed by atoms with Crippen LogP contribution in [0, 0.1) is 0 Å². The van der Waals surface area contributed by atoms with Crippen LogP contribution in [0.5, 0.6) is 0 Å². The minimum Gasteiger partial charge on any atom is -0.313 e. The molecule has 96 valence electrons. The van der Waals surface area contributed by atoms with E-state index in [1.165, 1.54) is 31.3 Å². The lowest BCUT2D eigenvalue weighted by Gasteiger charge is -2.19. The standard InChI is InChI=1S/C11H23NO2S2/c1-3-15-11-7-4-6-10(11)12-8-5-9-16(2,13)14/h10-12H,3-9H2,1-2H3. The highest BCUT2D eigenvalue weighted by molar-refractivity contribution is 7.99. The third-order valence-electron chi connectivity index (χ3n) is 2.93. The molecule has 0 bridgehead atoms. The SMILES string of the molecule is CCSC1CCCC1NCCCS(C)(=O)=O. The molecule has 1 rings (SSSR count). The Morgan fingerprint density at radius 3 is 2.75 bits per heavy atom. The van der Waals surface area contributed by atoms with Crippen molar-refractivity contribution in [1.29, 1.82) is 0 Å². The molecule has 2 unspecified atom stereocenters. The minimum atomic E-state index is -2.79. The lowest BCUT2D eigenvalue weighted by atomic mass is 10.2. The Morgan fingerprint density at radius 1 is 1.38 bits per heavy atom. The summed E-state index contributed by atoms with van der Waals surface area (Å²) in [6.45, 7) is 3.03. The predicted molar refractivity (Wildman–Crippen MR) is 71.9 cm³/mol. The number of nitrogens with one attached hydrogen (secondary N) is 1. The first-order valence-corrected chi connectivity index (χ1v) is 9.16. The molecule has 16 heavy (non-hydrogen) atoms. The quantitative estimate of drug-likeness (QED) is 0.712. The summed E-state index contributed by atoms with van der Waals surface area (Å²) < 4.78 is 21.9. The van der Waals surface area contributed by atoms with Gasteiger partial charge in [0.2, 0.25) is 0 Å². The summed E-state index contributed by atoms with van der Waals surface area (Å²) in [7, 11) is -2.79. The summed E-state index contributed by atoms with van der Waals surface area (Å²) >= 11 is 2.03. The van der Waals surface area contributed by atoms with E-state index in [-0.39, 0.29) is 0 Å². The van der Waals surface area contributed by atoms with Crippen molar-refractivity contribution in [3.8, 4) is 0 Å². The van der Waals surface area contributed by atoms with Crippen LogP contribution in [0.3, 0.4) is 0 Å². The van der Waals surface area contributed by atoms with E-state index >= 15 is 0 Å². The molecule has 2 atom stereocenters. The molecule has 5 heteroatoms. The molecule has 1 N–H and O–H groups in total. The largest absolute Gasteiger partial charge is 0.313 e. The number of thioether (sulfide) groups is 1. The maximum Gasteiger partial charge on any atom is 0.147 e. The van der Waals surface area contributed by atoms with Crippen LogP contribution in [0.4, 0.5) is 0 Å². The second-order valence-corrected chi connectivity index (χ2v) is 8.24. The predicted octanol–water partition coefficient (Wildman–Crippen LogP) is 1.68. The molecule has 0 spiro atoms. The number of sulfone groups is 1. The van der Waals surface area contributed by atoms with Crippen LogP contribution in [0.25, 0.3) is 0 Å². The van der Waals surface area contributed by atoms with Crippen molar-refractivity contribution in [2.45, 2.75) is 43.9 Å². The van der Waals surface area contributed by atoms with Gasteiger partial charge in [-0.3, -0.25) is 0 Å². The minimum absolute atomic E-state index is 0.304. The molecule has 0 aromatic heterocycles. The molecule has 1 fully saturated rings. The van der Waals surface area contributed by atoms with Gasteiger partial charge in [-0.15, -0.1) is 0 Å². The summed E-state index contributed by atoms with van der Waals surface area (Å²) in [6.07, 6.45) is 5.90. The van der Waals surface area contributed by atoms with E-state index in [2.05, 4.69) is 12.2 Å². The first kappa shape index (κ1) is 14.3. The van der Waals surface area contributed by atoms with Gasteiger partial charge in [0.15, 0.2) is 0 Å². The smallest absolute Gasteiger partial charge is 0.147 e. The van der Waals surface area contributed by atoms with Gasteiger partial charge in [0, 0.05) is 17.5 Å². The van der Waals surface area contributed by atoms with E-state index in [0.29, 0.717) is 11.8 Å². The molecule has 1 aliphatic rings. The Hall–Kier alpha value is 0.260. The third kappa shape index (κ3) is 5.55. The van der Waals surface area contributed by atoms with Gasteiger partial charge in [-0.2, -0.15) is 11.8 Å². The Balaban J connectivity index is 2.17. The zero-order chi connectivity index (χ0) is 12.0. The Bertz CT molecular complexity index is 290. The van der Waals surface area contributed by atoms with E-state index in [1.807, 2.05) is 11.8 Å². The van der Waals surface area contributed by atoms with E-state index in [4.69, 9.17) is 0 Å². The van der Waals surface area contributed by atoms with Crippen LogP contribution in [-0.2, 0) is 9.84 Å². The third-order valence-corrected chi connectivity index (χ3v) is 5.29. The van der Waals surface area contributed by atoms with Crippen LogP contribution in [0.1, 0.15) is 32.6 Å². The molecule has 3 nitrogen and oxygen atoms in total. The number of rotatable bonds is 7. The molecule has 0 heterocycles. The van der Waals surface area contributed by atoms with Crippen LogP contribution in [0.15, 0.2) is 0 Å². The average Bonchev–Trinajstić information content (AvgIpc) is 2.60. The molecule has 1 aliphatic carbocycles. The van der Waals surface area contributed by atoms with Crippen LogP contribution in [-0.4, -0.2) is 44.0 Å². The fourth-order valence-electron chi connectivity index (χ4n) is 2.19. The highest BCUT2D eigenvalue weighted by atomic mass is 32.2. The Morgan fingerprint density at radius 2 is 2.12 bits per heavy atom. The van der Waals surface area contributed by atoms with Crippen molar-refractivity contribution in [2.24, 2.45) is 0 Å². The van der Waals surface area contributed by atoms with Crippen molar-refractivity contribution in [1.82, 2.24) is 5.32 Å². The molecular formula is C11H23NO2S2. The van der Waals surface area contributed by atoms with Gasteiger partial charge in [-0.25, -0.2) is 8.42 Å². The van der Waals surface area contributed by atoms with Gasteiger partial charge in [0.25, 0.3) is 0 Å². The van der Waals surface area contributed by atoms with Gasteiger partial charge in [0.05, 0.1) is 5.75 Å². The van der Waals surface area contributed by atoms with Gasteiger partial charge in [0.1, 0.15) is 9.84 Å². The van der Waals surface area contributed by atoms with Crippen molar-refractivity contribution in [3.63, 3.8) is 0 Å². The van der Waals surface area contributed by atoms with E-state index in [1.54, 1.807) is 0 Å². The average molecular weight is 265 g/mol. The summed E-state index contributed by atoms with van der Waals surface area (Å²) in [6, 6.07) is 0.601. The van der Waals surface area contributed by atoms with Crippen molar-refractivity contribution in [2.75, 3.05) is 24.3 Å². The van der Waals surface area contributed by atoms with Crippen molar-refractivity contribution >= 4 is 21.6 Å². The summed E-state index contributed by atoms with van der Waals surface area (Å²) in [5, 5.41) is 4.24. The van der Waals surface area contributed by atoms with Crippen molar-refractivity contribution in [3.05, 3.63) is 0 Å². The number of hydrogen-bond donors (Lipinski definition) is 1. The first-order valence-electron chi connectivity index (χ1n) is 6.05. The summed E-state index contributed by atoms with van der Waals surface area (Å²) in [5.74, 6) is 1.48. The van der Waals surface area contributed by atoms with Gasteiger partial charge in [-0.1, -0.05) is 13.3 Å². The van der Waals surface area contributed by atoms with E-state index < -0.39 is 9.84 Å². The molecular weight excluding hydrogens is 242 g/mol. The van der Waals surface area contributed by atoms with Crippen molar-refractivity contribution < 1.29 is 8.42 Å². The molecule has 0 amide bonds. The number of hydrogen-bond acceptors (Lipinski definition) is 4. The fourth-order valence-corrected chi connectivity index (χ4v) is 4.09. The maximum atomic E-state index is 11.0. The van der Waals surface area contributed by atoms with Gasteiger partial charge >= 0.3 is 0 Å². The highest BCUT2D eigenvalue weighted by Crippen LogP contribution is 2.29. The lowest BCUT2D eigenvalue weighted by Crippen LogP contribution is -2.35. The fraction of sp³-hybridized carbons (Fsp3) is 1.00. The normalized spacial score (nSPS) is 26.1. The monoisotopic (exact) mass is 265 g/mol. The van der Waals surface area contributed by atoms with Gasteiger partial charge < -0.3 is 5.32 Å². The highest BCUT2D eigenvalue weighted by Gasteiger charge is 2.26. The summed E-state index contributed by atoms with van der Waals surface area (Å²) in [4.78, 5) is 0. The zero-order valence-electron chi connectivity index (χ0n) is 10.2. The second kappa shape index (κ2) is 6.87. The van der Waals surface area contributed by atoms with Crippen LogP contribution < -0.4 is 5.32 Å². The molecule has 0 aliphatic heterocycles. The van der Waals surface area contributed by atoms with Gasteiger partial charge in [-0.05, 0) is 31.6 Å². The molecule has 1 saturated carbocycles. The summed E-state index contributed by atoms with van der Waals surface area (Å²) in [5.41, 5.74) is 0. The molecule has 0 saturated heterocycles. The maximum absolute atomic E-state index is 11.0. The van der Waals surface area contributed by atoms with Crippen LogP contribution in [0.2, 0.25) is 0 Å². The zero-order valence-corrected chi connectivity index (χ0v) is 11.9. The van der Waals surface area contributed by atoms with Crippen LogP contribution >= 0.6 is 11.8 Å². The first-order chi connectivity index (χ1) is 7.53. The second-order valence-electron chi connectivity index (χ2n) is 4.47. The molecule has 0 aromatic carbocycles. The molecule has 0 aromatic rings. The van der Waals surface area contributed by atoms with E-state index in [0.717, 1.165) is 18.2 Å². The topological polar surface area (TPSA) is 46.2 Å².